The molecule has 0 aromatic carbocycles. The van der Waals surface area contributed by atoms with Gasteiger partial charge in [-0.25, -0.2) is 4.79 Å². The van der Waals surface area contributed by atoms with Crippen molar-refractivity contribution in [3.63, 3.8) is 0 Å². The van der Waals surface area contributed by atoms with Crippen molar-refractivity contribution < 1.29 is 19.4 Å². The lowest BCUT2D eigenvalue weighted by Gasteiger charge is -2.28. The molecule has 100 valence electrons. The summed E-state index contributed by atoms with van der Waals surface area (Å²) in [4.78, 5) is 23.5. The van der Waals surface area contributed by atoms with Crippen LogP contribution in [-0.2, 0) is 14.3 Å². The fourth-order valence-corrected chi connectivity index (χ4v) is 1.53. The number of rotatable bonds is 8. The van der Waals surface area contributed by atoms with E-state index < -0.39 is 12.6 Å². The summed E-state index contributed by atoms with van der Waals surface area (Å²) in [5.74, 6) is -1.37. The molecule has 2 N–H and O–H groups in total. The Labute approximate surface area is 102 Å². The molecule has 0 aliphatic rings. The van der Waals surface area contributed by atoms with E-state index in [4.69, 9.17) is 5.11 Å². The quantitative estimate of drug-likeness (QED) is 0.619. The Bertz CT molecular complexity index is 264. The molecule has 0 saturated heterocycles. The van der Waals surface area contributed by atoms with Crippen molar-refractivity contribution in [1.29, 1.82) is 0 Å². The summed E-state index contributed by atoms with van der Waals surface area (Å²) in [5.41, 5.74) is -0.0358. The fraction of sp³-hybridized carbons (Fsp3) is 0.818. The summed E-state index contributed by atoms with van der Waals surface area (Å²) in [6.45, 7) is 4.80. The first-order valence-electron chi connectivity index (χ1n) is 5.44. The molecule has 17 heavy (non-hydrogen) atoms. The smallest absolute Gasteiger partial charge is 0.329 e. The lowest BCUT2D eigenvalue weighted by atomic mass is 9.93. The summed E-state index contributed by atoms with van der Waals surface area (Å²) in [5, 5.41) is 11.0. The zero-order valence-corrected chi connectivity index (χ0v) is 10.9. The molecule has 6 heteroatoms. The molecular weight excluding hydrogens is 224 g/mol. The van der Waals surface area contributed by atoms with Gasteiger partial charge in [0.25, 0.3) is 0 Å². The van der Waals surface area contributed by atoms with E-state index in [9.17, 15) is 9.59 Å². The molecule has 0 saturated carbocycles. The van der Waals surface area contributed by atoms with Crippen LogP contribution in [0.15, 0.2) is 0 Å². The second kappa shape index (κ2) is 7.24. The highest BCUT2D eigenvalue weighted by Crippen LogP contribution is 2.13. The molecule has 0 aliphatic heterocycles. The van der Waals surface area contributed by atoms with E-state index in [0.717, 1.165) is 6.54 Å². The van der Waals surface area contributed by atoms with Gasteiger partial charge < -0.3 is 20.1 Å². The third-order valence-corrected chi connectivity index (χ3v) is 1.97. The first-order chi connectivity index (χ1) is 7.73. The normalized spacial score (nSPS) is 11.6. The molecule has 0 fully saturated rings. The number of nitrogens with one attached hydrogen (secondary N) is 1. The number of carbonyl (C=O) groups is 2. The summed E-state index contributed by atoms with van der Waals surface area (Å²) < 4.78 is 4.68. The van der Waals surface area contributed by atoms with Crippen molar-refractivity contribution in [2.24, 2.45) is 5.41 Å². The van der Waals surface area contributed by atoms with Crippen LogP contribution in [0.25, 0.3) is 0 Å². The molecule has 0 radical (unpaired) electrons. The van der Waals surface area contributed by atoms with E-state index in [0.29, 0.717) is 6.54 Å². The first-order valence-corrected chi connectivity index (χ1v) is 5.44. The summed E-state index contributed by atoms with van der Waals surface area (Å²) in [7, 11) is 3.94. The van der Waals surface area contributed by atoms with Gasteiger partial charge in [-0.1, -0.05) is 13.8 Å². The number of hydrogen-bond acceptors (Lipinski definition) is 4. The summed E-state index contributed by atoms with van der Waals surface area (Å²) >= 11 is 0. The highest BCUT2D eigenvalue weighted by Gasteiger charge is 2.19. The minimum Gasteiger partial charge on any atom is -0.480 e. The Kier molecular flexibility index (Phi) is 6.75. The second-order valence-corrected chi connectivity index (χ2v) is 5.07. The number of hydrogen-bond donors (Lipinski definition) is 2. The highest BCUT2D eigenvalue weighted by molar-refractivity contribution is 5.77. The molecule has 0 rings (SSSR count). The Morgan fingerprint density at radius 3 is 2.35 bits per heavy atom. The van der Waals surface area contributed by atoms with Crippen LogP contribution < -0.4 is 5.32 Å². The lowest BCUT2D eigenvalue weighted by Crippen LogP contribution is -2.41. The van der Waals surface area contributed by atoms with Gasteiger partial charge in [0.1, 0.15) is 13.2 Å². The van der Waals surface area contributed by atoms with E-state index in [2.05, 4.69) is 10.1 Å². The highest BCUT2D eigenvalue weighted by atomic mass is 16.5. The largest absolute Gasteiger partial charge is 0.480 e. The molecule has 0 aliphatic carbocycles. The number of carboxylic acid groups (broad SMARTS) is 1. The van der Waals surface area contributed by atoms with Gasteiger partial charge in [-0.05, 0) is 19.5 Å². The zero-order chi connectivity index (χ0) is 13.5. The van der Waals surface area contributed by atoms with Gasteiger partial charge in [-0.2, -0.15) is 0 Å². The summed E-state index contributed by atoms with van der Waals surface area (Å²) in [6, 6.07) is 0. The average molecular weight is 246 g/mol. The molecule has 0 unspecified atom stereocenters. The van der Waals surface area contributed by atoms with Crippen LogP contribution in [-0.4, -0.2) is 62.3 Å². The molecule has 0 heterocycles. The molecule has 0 spiro atoms. The molecule has 6 nitrogen and oxygen atoms in total. The van der Waals surface area contributed by atoms with Crippen LogP contribution in [0.2, 0.25) is 0 Å². The molecule has 1 amide bonds. The van der Waals surface area contributed by atoms with Gasteiger partial charge in [0.15, 0.2) is 0 Å². The second-order valence-electron chi connectivity index (χ2n) is 5.07. The first kappa shape index (κ1) is 15.9. The van der Waals surface area contributed by atoms with Gasteiger partial charge >= 0.3 is 5.97 Å². The van der Waals surface area contributed by atoms with E-state index in [-0.39, 0.29) is 17.9 Å². The number of carboxylic acids is 1. The minimum absolute atomic E-state index is 0.0358. The molecular formula is C11H22N2O4. The van der Waals surface area contributed by atoms with Crippen molar-refractivity contribution in [1.82, 2.24) is 10.2 Å². The van der Waals surface area contributed by atoms with E-state index in [1.165, 1.54) is 0 Å². The molecule has 0 bridgehead atoms. The zero-order valence-electron chi connectivity index (χ0n) is 10.9. The Morgan fingerprint density at radius 2 is 1.88 bits per heavy atom. The van der Waals surface area contributed by atoms with Gasteiger partial charge in [-0.15, -0.1) is 0 Å². The number of amides is 1. The average Bonchev–Trinajstić information content (AvgIpc) is 2.12. The number of carbonyl (C=O) groups excluding carboxylic acids is 1. The van der Waals surface area contributed by atoms with Crippen molar-refractivity contribution in [2.75, 3.05) is 40.4 Å². The van der Waals surface area contributed by atoms with E-state index in [1.54, 1.807) is 0 Å². The Morgan fingerprint density at radius 1 is 1.29 bits per heavy atom. The van der Waals surface area contributed by atoms with Crippen LogP contribution in [0.5, 0.6) is 0 Å². The van der Waals surface area contributed by atoms with Crippen LogP contribution in [0, 0.1) is 5.41 Å². The van der Waals surface area contributed by atoms with E-state index >= 15 is 0 Å². The van der Waals surface area contributed by atoms with Crippen LogP contribution in [0.3, 0.4) is 0 Å². The monoisotopic (exact) mass is 246 g/mol. The molecule has 0 aromatic rings. The number of ether oxygens (including phenoxy) is 1. The third kappa shape index (κ3) is 9.77. The topological polar surface area (TPSA) is 78.9 Å². The minimum atomic E-state index is -1.08. The SMILES string of the molecule is CN(C)CC(C)(C)CNC(=O)COCC(=O)O. The van der Waals surface area contributed by atoms with Crippen molar-refractivity contribution in [2.45, 2.75) is 13.8 Å². The third-order valence-electron chi connectivity index (χ3n) is 1.97. The number of aliphatic carboxylic acids is 1. The van der Waals surface area contributed by atoms with Crippen molar-refractivity contribution in [3.05, 3.63) is 0 Å². The summed E-state index contributed by atoms with van der Waals surface area (Å²) in [6.07, 6.45) is 0. The maximum atomic E-state index is 11.3. The maximum Gasteiger partial charge on any atom is 0.329 e. The lowest BCUT2D eigenvalue weighted by molar-refractivity contribution is -0.143. The Balaban J connectivity index is 3.79. The van der Waals surface area contributed by atoms with Crippen LogP contribution in [0.1, 0.15) is 13.8 Å². The Hall–Kier alpha value is -1.14. The van der Waals surface area contributed by atoms with Crippen molar-refractivity contribution >= 4 is 11.9 Å². The number of nitrogens with zero attached hydrogens (tertiary/aromatic N) is 1. The van der Waals surface area contributed by atoms with Gasteiger partial charge in [0, 0.05) is 13.1 Å². The maximum absolute atomic E-state index is 11.3. The van der Waals surface area contributed by atoms with Gasteiger partial charge in [0.05, 0.1) is 0 Å². The van der Waals surface area contributed by atoms with Gasteiger partial charge in [-0.3, -0.25) is 4.79 Å². The predicted octanol–water partition coefficient (Wildman–Crippen LogP) is -0.208. The predicted molar refractivity (Wildman–Crippen MR) is 63.8 cm³/mol. The van der Waals surface area contributed by atoms with Crippen LogP contribution in [0.4, 0.5) is 0 Å². The molecule has 0 aromatic heterocycles. The fourth-order valence-electron chi connectivity index (χ4n) is 1.53. The van der Waals surface area contributed by atoms with Crippen molar-refractivity contribution in [3.8, 4) is 0 Å². The standard InChI is InChI=1S/C11H22N2O4/c1-11(2,8-13(3)4)7-12-9(14)5-17-6-10(15)16/h5-8H2,1-4H3,(H,12,14)(H,15,16). The van der Waals surface area contributed by atoms with E-state index in [1.807, 2.05) is 32.8 Å². The molecule has 0 atom stereocenters. The van der Waals surface area contributed by atoms with Crippen LogP contribution >= 0.6 is 0 Å². The van der Waals surface area contributed by atoms with Gasteiger partial charge in [0.2, 0.25) is 5.91 Å².